The van der Waals surface area contributed by atoms with E-state index in [0.717, 1.165) is 11.1 Å². The molecule has 0 bridgehead atoms. The van der Waals surface area contributed by atoms with Crippen LogP contribution in [0.25, 0.3) is 0 Å². The van der Waals surface area contributed by atoms with E-state index in [1.807, 2.05) is 46.8 Å². The quantitative estimate of drug-likeness (QED) is 0.908. The predicted molar refractivity (Wildman–Crippen MR) is 85.8 cm³/mol. The van der Waals surface area contributed by atoms with Crippen molar-refractivity contribution in [1.29, 1.82) is 5.41 Å². The van der Waals surface area contributed by atoms with Gasteiger partial charge in [-0.05, 0) is 45.4 Å². The van der Waals surface area contributed by atoms with Crippen LogP contribution in [0.15, 0.2) is 12.1 Å². The Hall–Kier alpha value is -2.04. The van der Waals surface area contributed by atoms with Gasteiger partial charge in [0.1, 0.15) is 5.84 Å². The van der Waals surface area contributed by atoms with Crippen LogP contribution in [-0.2, 0) is 10.3 Å². The molecular weight excluding hydrogens is 280 g/mol. The number of rotatable bonds is 5. The average Bonchev–Trinajstić information content (AvgIpc) is 2.66. The molecule has 0 radical (unpaired) electrons. The minimum atomic E-state index is -0.559. The summed E-state index contributed by atoms with van der Waals surface area (Å²) in [4.78, 5) is 13.8. The molecule has 1 aromatic rings. The molecule has 1 aliphatic heterocycles. The zero-order valence-electron chi connectivity index (χ0n) is 13.9. The summed E-state index contributed by atoms with van der Waals surface area (Å²) in [6.07, 6.45) is 0.371. The van der Waals surface area contributed by atoms with Gasteiger partial charge in [-0.15, -0.1) is 0 Å². The number of nitrogens with zero attached hydrogens (tertiary/aromatic N) is 1. The maximum Gasteiger partial charge on any atom is 0.228 e. The Morgan fingerprint density at radius 3 is 2.18 bits per heavy atom. The van der Waals surface area contributed by atoms with Gasteiger partial charge in [-0.2, -0.15) is 0 Å². The van der Waals surface area contributed by atoms with Gasteiger partial charge in [0.05, 0.1) is 18.8 Å². The molecule has 1 N–H and O–H groups in total. The highest BCUT2D eigenvalue weighted by Crippen LogP contribution is 2.44. The zero-order valence-corrected chi connectivity index (χ0v) is 13.9. The number of amidine groups is 1. The van der Waals surface area contributed by atoms with Crippen LogP contribution in [0.4, 0.5) is 0 Å². The van der Waals surface area contributed by atoms with E-state index in [2.05, 4.69) is 0 Å². The molecule has 0 saturated carbocycles. The molecule has 2 rings (SSSR count). The monoisotopic (exact) mass is 304 g/mol. The van der Waals surface area contributed by atoms with Crippen LogP contribution >= 0.6 is 0 Å². The molecule has 0 saturated heterocycles. The van der Waals surface area contributed by atoms with Gasteiger partial charge >= 0.3 is 0 Å². The minimum absolute atomic E-state index is 0.0536. The summed E-state index contributed by atoms with van der Waals surface area (Å²) in [5, 5.41) is 8.39. The summed E-state index contributed by atoms with van der Waals surface area (Å²) in [5.74, 6) is 1.46. The van der Waals surface area contributed by atoms with Crippen LogP contribution in [-0.4, -0.2) is 29.9 Å². The van der Waals surface area contributed by atoms with Gasteiger partial charge in [-0.1, -0.05) is 6.92 Å². The fraction of sp³-hybridized carbons (Fsp3) is 0.529. The average molecular weight is 304 g/mol. The normalized spacial score (nSPS) is 15.7. The van der Waals surface area contributed by atoms with Crippen molar-refractivity contribution >= 4 is 11.7 Å². The minimum Gasteiger partial charge on any atom is -0.490 e. The summed E-state index contributed by atoms with van der Waals surface area (Å²) >= 11 is 0. The van der Waals surface area contributed by atoms with Crippen LogP contribution in [0, 0.1) is 5.41 Å². The number of hydrogen-bond acceptors (Lipinski definition) is 4. The van der Waals surface area contributed by atoms with Gasteiger partial charge in [0.2, 0.25) is 5.91 Å². The molecule has 1 heterocycles. The molecule has 0 spiro atoms. The molecule has 5 nitrogen and oxygen atoms in total. The van der Waals surface area contributed by atoms with Crippen molar-refractivity contribution in [3.63, 3.8) is 0 Å². The molecule has 0 unspecified atom stereocenters. The molecule has 22 heavy (non-hydrogen) atoms. The van der Waals surface area contributed by atoms with Gasteiger partial charge in [0.15, 0.2) is 11.5 Å². The SMILES string of the molecule is CCOc1cc2c(cc1OCC)C(C)(C)N(C(=O)CC)C2=N. The number of benzene rings is 1. The van der Waals surface area contributed by atoms with Gasteiger partial charge < -0.3 is 9.47 Å². The van der Waals surface area contributed by atoms with Crippen molar-refractivity contribution < 1.29 is 14.3 Å². The van der Waals surface area contributed by atoms with Crippen LogP contribution in [0.3, 0.4) is 0 Å². The fourth-order valence-electron chi connectivity index (χ4n) is 2.91. The second-order valence-electron chi connectivity index (χ2n) is 5.70. The first-order chi connectivity index (χ1) is 10.4. The van der Waals surface area contributed by atoms with Crippen molar-refractivity contribution in [3.8, 4) is 11.5 Å². The Labute approximate surface area is 131 Å². The molecule has 0 atom stereocenters. The maximum atomic E-state index is 12.3. The summed E-state index contributed by atoms with van der Waals surface area (Å²) in [7, 11) is 0. The van der Waals surface area contributed by atoms with E-state index in [9.17, 15) is 4.79 Å². The third kappa shape index (κ3) is 2.45. The fourth-order valence-corrected chi connectivity index (χ4v) is 2.91. The van der Waals surface area contributed by atoms with Gasteiger partial charge in [0.25, 0.3) is 0 Å². The molecule has 1 aromatic carbocycles. The van der Waals surface area contributed by atoms with E-state index in [1.54, 1.807) is 4.90 Å². The Balaban J connectivity index is 2.58. The number of carbonyl (C=O) groups excluding carboxylic acids is 1. The molecule has 0 fully saturated rings. The molecular formula is C17H24N2O3. The van der Waals surface area contributed by atoms with Gasteiger partial charge in [0, 0.05) is 12.0 Å². The lowest BCUT2D eigenvalue weighted by molar-refractivity contribution is -0.130. The Kier molecular flexibility index (Phi) is 4.44. The molecule has 1 amide bonds. The number of fused-ring (bicyclic) bond motifs is 1. The number of amides is 1. The van der Waals surface area contributed by atoms with Gasteiger partial charge in [-0.3, -0.25) is 15.1 Å². The van der Waals surface area contributed by atoms with E-state index in [-0.39, 0.29) is 11.7 Å². The van der Waals surface area contributed by atoms with E-state index in [1.165, 1.54) is 0 Å². The standard InChI is InChI=1S/C17H24N2O3/c1-6-15(20)19-16(18)11-9-13(21-7-2)14(22-8-3)10-12(11)17(19,4)5/h9-10,18H,6-8H2,1-5H3. The lowest BCUT2D eigenvalue weighted by atomic mass is 9.93. The third-order valence-electron chi connectivity index (χ3n) is 3.93. The number of ether oxygens (including phenoxy) is 2. The van der Waals surface area contributed by atoms with Crippen molar-refractivity contribution in [2.45, 2.75) is 46.6 Å². The smallest absolute Gasteiger partial charge is 0.228 e. The zero-order chi connectivity index (χ0) is 16.5. The molecule has 5 heteroatoms. The largest absolute Gasteiger partial charge is 0.490 e. The van der Waals surface area contributed by atoms with E-state index in [0.29, 0.717) is 31.1 Å². The van der Waals surface area contributed by atoms with Crippen molar-refractivity contribution in [2.24, 2.45) is 0 Å². The predicted octanol–water partition coefficient (Wildman–Crippen LogP) is 3.30. The van der Waals surface area contributed by atoms with Crippen molar-refractivity contribution in [2.75, 3.05) is 13.2 Å². The highest BCUT2D eigenvalue weighted by Gasteiger charge is 2.44. The summed E-state index contributed by atoms with van der Waals surface area (Å²) < 4.78 is 11.3. The van der Waals surface area contributed by atoms with Gasteiger partial charge in [-0.25, -0.2) is 0 Å². The summed E-state index contributed by atoms with van der Waals surface area (Å²) in [5.41, 5.74) is 1.10. The van der Waals surface area contributed by atoms with Crippen molar-refractivity contribution in [1.82, 2.24) is 4.90 Å². The Morgan fingerprint density at radius 1 is 1.14 bits per heavy atom. The van der Waals surface area contributed by atoms with Crippen molar-refractivity contribution in [3.05, 3.63) is 23.3 Å². The van der Waals surface area contributed by atoms with Crippen LogP contribution < -0.4 is 9.47 Å². The second-order valence-corrected chi connectivity index (χ2v) is 5.70. The lowest BCUT2D eigenvalue weighted by Gasteiger charge is -2.31. The number of nitrogens with one attached hydrogen (secondary N) is 1. The maximum absolute atomic E-state index is 12.3. The Morgan fingerprint density at radius 2 is 1.68 bits per heavy atom. The van der Waals surface area contributed by atoms with E-state index in [4.69, 9.17) is 14.9 Å². The lowest BCUT2D eigenvalue weighted by Crippen LogP contribution is -2.43. The summed E-state index contributed by atoms with van der Waals surface area (Å²) in [6.45, 7) is 10.6. The molecule has 1 aliphatic rings. The van der Waals surface area contributed by atoms with Crippen LogP contribution in [0.5, 0.6) is 11.5 Å². The summed E-state index contributed by atoms with van der Waals surface area (Å²) in [6, 6.07) is 3.72. The molecule has 0 aromatic heterocycles. The first-order valence-corrected chi connectivity index (χ1v) is 7.74. The second kappa shape index (κ2) is 5.99. The first-order valence-electron chi connectivity index (χ1n) is 7.74. The molecule has 0 aliphatic carbocycles. The Bertz CT molecular complexity index is 608. The third-order valence-corrected chi connectivity index (χ3v) is 3.93. The van der Waals surface area contributed by atoms with E-state index < -0.39 is 5.54 Å². The van der Waals surface area contributed by atoms with Crippen LogP contribution in [0.2, 0.25) is 0 Å². The van der Waals surface area contributed by atoms with Crippen LogP contribution in [0.1, 0.15) is 52.2 Å². The highest BCUT2D eigenvalue weighted by atomic mass is 16.5. The molecule has 120 valence electrons. The topological polar surface area (TPSA) is 62.6 Å². The number of hydrogen-bond donors (Lipinski definition) is 1. The highest BCUT2D eigenvalue weighted by molar-refractivity contribution is 6.11. The number of carbonyl (C=O) groups is 1. The van der Waals surface area contributed by atoms with E-state index >= 15 is 0 Å². The first kappa shape index (κ1) is 16.3.